The molecule has 1 fully saturated rings. The zero-order valence-electron chi connectivity index (χ0n) is 13.0. The maximum absolute atomic E-state index is 11.5. The molecule has 0 atom stereocenters. The van der Waals surface area contributed by atoms with E-state index < -0.39 is 0 Å². The van der Waals surface area contributed by atoms with Crippen molar-refractivity contribution in [2.75, 3.05) is 38.1 Å². The third-order valence-electron chi connectivity index (χ3n) is 3.99. The first-order valence-electron chi connectivity index (χ1n) is 7.51. The molecule has 0 radical (unpaired) electrons. The van der Waals surface area contributed by atoms with E-state index >= 15 is 0 Å². The first-order chi connectivity index (χ1) is 11.2. The number of likely N-dealkylation sites (N-methyl/N-ethyl adjacent to an activating group) is 1. The number of piperazine rings is 1. The molecule has 3 rings (SSSR count). The Morgan fingerprint density at radius 3 is 2.78 bits per heavy atom. The molecule has 3 heterocycles. The standard InChI is InChI=1S/C16H19ClN4OS/c1-19-6-8-20(9-7-19)10-13-11-23-16(15(13)17)21(12-22)14-4-2-3-5-18-14/h2-5,11-12H,6-10H2,1H3. The second kappa shape index (κ2) is 7.40. The van der Waals surface area contributed by atoms with Gasteiger partial charge in [0.25, 0.3) is 0 Å². The molecule has 23 heavy (non-hydrogen) atoms. The third kappa shape index (κ3) is 3.72. The Morgan fingerprint density at radius 1 is 1.35 bits per heavy atom. The van der Waals surface area contributed by atoms with E-state index in [1.165, 1.54) is 16.2 Å². The van der Waals surface area contributed by atoms with Gasteiger partial charge in [-0.3, -0.25) is 14.6 Å². The lowest BCUT2D eigenvalue weighted by molar-refractivity contribution is -0.106. The summed E-state index contributed by atoms with van der Waals surface area (Å²) in [5.41, 5.74) is 1.07. The minimum Gasteiger partial charge on any atom is -0.304 e. The molecule has 5 nitrogen and oxygen atoms in total. The molecule has 1 aliphatic heterocycles. The predicted octanol–water partition coefficient (Wildman–Crippen LogP) is 2.84. The van der Waals surface area contributed by atoms with Crippen molar-refractivity contribution in [3.05, 3.63) is 40.4 Å². The van der Waals surface area contributed by atoms with Crippen molar-refractivity contribution in [3.63, 3.8) is 0 Å². The molecule has 0 unspecified atom stereocenters. The maximum Gasteiger partial charge on any atom is 0.220 e. The number of amides is 1. The van der Waals surface area contributed by atoms with Crippen LogP contribution in [0.4, 0.5) is 10.8 Å². The molecule has 2 aromatic heterocycles. The summed E-state index contributed by atoms with van der Waals surface area (Å²) in [6, 6.07) is 5.47. The van der Waals surface area contributed by atoms with Crippen molar-refractivity contribution in [1.29, 1.82) is 0 Å². The van der Waals surface area contributed by atoms with Gasteiger partial charge in [0.15, 0.2) is 0 Å². The lowest BCUT2D eigenvalue weighted by Gasteiger charge is -2.32. The van der Waals surface area contributed by atoms with Crippen LogP contribution in [0.15, 0.2) is 29.8 Å². The van der Waals surface area contributed by atoms with Gasteiger partial charge in [-0.2, -0.15) is 0 Å². The van der Waals surface area contributed by atoms with Crippen LogP contribution in [-0.2, 0) is 11.3 Å². The molecule has 0 saturated carbocycles. The Balaban J connectivity index is 1.77. The Hall–Kier alpha value is -1.47. The summed E-state index contributed by atoms with van der Waals surface area (Å²) in [6.45, 7) is 5.04. The zero-order valence-corrected chi connectivity index (χ0v) is 14.6. The molecule has 0 bridgehead atoms. The van der Waals surface area contributed by atoms with Gasteiger partial charge in [-0.15, -0.1) is 11.3 Å². The van der Waals surface area contributed by atoms with Gasteiger partial charge in [0.1, 0.15) is 10.8 Å². The summed E-state index contributed by atoms with van der Waals surface area (Å²) in [6.07, 6.45) is 2.43. The fraction of sp³-hybridized carbons (Fsp3) is 0.375. The second-order valence-electron chi connectivity index (χ2n) is 5.62. The molecule has 1 aliphatic rings. The van der Waals surface area contributed by atoms with E-state index in [4.69, 9.17) is 11.6 Å². The minimum atomic E-state index is 0.581. The summed E-state index contributed by atoms with van der Waals surface area (Å²) in [7, 11) is 2.14. The van der Waals surface area contributed by atoms with Crippen LogP contribution in [0.3, 0.4) is 0 Å². The number of aromatic nitrogens is 1. The third-order valence-corrected chi connectivity index (χ3v) is 5.55. The predicted molar refractivity (Wildman–Crippen MR) is 94.5 cm³/mol. The number of nitrogens with zero attached hydrogens (tertiary/aromatic N) is 4. The van der Waals surface area contributed by atoms with Crippen molar-refractivity contribution >= 4 is 40.2 Å². The number of halogens is 1. The van der Waals surface area contributed by atoms with E-state index in [9.17, 15) is 4.79 Å². The number of thiophene rings is 1. The van der Waals surface area contributed by atoms with Gasteiger partial charge in [-0.25, -0.2) is 4.98 Å². The van der Waals surface area contributed by atoms with Crippen molar-refractivity contribution in [2.24, 2.45) is 0 Å². The molecule has 2 aromatic rings. The van der Waals surface area contributed by atoms with Crippen LogP contribution >= 0.6 is 22.9 Å². The maximum atomic E-state index is 11.5. The van der Waals surface area contributed by atoms with Gasteiger partial charge in [-0.1, -0.05) is 17.7 Å². The number of hydrogen-bond acceptors (Lipinski definition) is 5. The average molecular weight is 351 g/mol. The van der Waals surface area contributed by atoms with Crippen LogP contribution in [0.5, 0.6) is 0 Å². The Morgan fingerprint density at radius 2 is 2.13 bits per heavy atom. The number of anilines is 2. The number of pyridine rings is 1. The fourth-order valence-electron chi connectivity index (χ4n) is 2.59. The van der Waals surface area contributed by atoms with Gasteiger partial charge in [0, 0.05) is 38.9 Å². The van der Waals surface area contributed by atoms with Crippen LogP contribution in [0.25, 0.3) is 0 Å². The molecule has 7 heteroatoms. The molecule has 0 spiro atoms. The van der Waals surface area contributed by atoms with Crippen molar-refractivity contribution in [3.8, 4) is 0 Å². The average Bonchev–Trinajstić information content (AvgIpc) is 2.93. The van der Waals surface area contributed by atoms with Gasteiger partial charge >= 0.3 is 0 Å². The van der Waals surface area contributed by atoms with E-state index in [2.05, 4.69) is 21.8 Å². The number of hydrogen-bond donors (Lipinski definition) is 0. The fourth-order valence-corrected chi connectivity index (χ4v) is 3.92. The van der Waals surface area contributed by atoms with Crippen LogP contribution < -0.4 is 4.90 Å². The molecular weight excluding hydrogens is 332 g/mol. The van der Waals surface area contributed by atoms with E-state index in [0.717, 1.165) is 49.7 Å². The highest BCUT2D eigenvalue weighted by Gasteiger charge is 2.21. The Labute approximate surface area is 145 Å². The van der Waals surface area contributed by atoms with E-state index in [1.54, 1.807) is 12.3 Å². The number of rotatable bonds is 5. The van der Waals surface area contributed by atoms with E-state index in [-0.39, 0.29) is 0 Å². The summed E-state index contributed by atoms with van der Waals surface area (Å²) in [5, 5.41) is 3.41. The summed E-state index contributed by atoms with van der Waals surface area (Å²) >= 11 is 8.02. The first kappa shape index (κ1) is 16.4. The highest BCUT2D eigenvalue weighted by atomic mass is 35.5. The van der Waals surface area contributed by atoms with Gasteiger partial charge in [-0.05, 0) is 30.1 Å². The monoisotopic (exact) mass is 350 g/mol. The quantitative estimate of drug-likeness (QED) is 0.777. The van der Waals surface area contributed by atoms with Gasteiger partial charge < -0.3 is 4.90 Å². The Kier molecular flexibility index (Phi) is 5.27. The molecule has 1 saturated heterocycles. The molecule has 0 aliphatic carbocycles. The van der Waals surface area contributed by atoms with Crippen LogP contribution in [-0.4, -0.2) is 54.4 Å². The Bertz CT molecular complexity index is 655. The minimum absolute atomic E-state index is 0.581. The van der Waals surface area contributed by atoms with E-state index in [0.29, 0.717) is 10.8 Å². The second-order valence-corrected chi connectivity index (χ2v) is 6.86. The normalized spacial score (nSPS) is 16.4. The molecular formula is C16H19ClN4OS. The summed E-state index contributed by atoms with van der Waals surface area (Å²) < 4.78 is 0. The summed E-state index contributed by atoms with van der Waals surface area (Å²) in [4.78, 5) is 22.0. The van der Waals surface area contributed by atoms with Gasteiger partial charge in [0.05, 0.1) is 5.02 Å². The van der Waals surface area contributed by atoms with Crippen molar-refractivity contribution in [2.45, 2.75) is 6.54 Å². The van der Waals surface area contributed by atoms with Crippen LogP contribution in [0.2, 0.25) is 5.02 Å². The first-order valence-corrected chi connectivity index (χ1v) is 8.77. The molecule has 1 amide bonds. The smallest absolute Gasteiger partial charge is 0.220 e. The molecule has 0 aromatic carbocycles. The van der Waals surface area contributed by atoms with Crippen molar-refractivity contribution in [1.82, 2.24) is 14.8 Å². The molecule has 0 N–H and O–H groups in total. The highest BCUT2D eigenvalue weighted by molar-refractivity contribution is 7.15. The largest absolute Gasteiger partial charge is 0.304 e. The molecule has 122 valence electrons. The van der Waals surface area contributed by atoms with Gasteiger partial charge in [0.2, 0.25) is 6.41 Å². The highest BCUT2D eigenvalue weighted by Crippen LogP contribution is 2.39. The SMILES string of the molecule is CN1CCN(Cc2csc(N(C=O)c3ccccn3)c2Cl)CC1. The zero-order chi connectivity index (χ0) is 16.2. The van der Waals surface area contributed by atoms with Crippen LogP contribution in [0.1, 0.15) is 5.56 Å². The summed E-state index contributed by atoms with van der Waals surface area (Å²) in [5.74, 6) is 0.581. The van der Waals surface area contributed by atoms with Crippen molar-refractivity contribution < 1.29 is 4.79 Å². The lowest BCUT2D eigenvalue weighted by atomic mass is 10.2. The lowest BCUT2D eigenvalue weighted by Crippen LogP contribution is -2.43. The number of carbonyl (C=O) groups is 1. The number of carbonyl (C=O) groups excluding carboxylic acids is 1. The van der Waals surface area contributed by atoms with E-state index in [1.807, 2.05) is 17.5 Å². The van der Waals surface area contributed by atoms with Crippen LogP contribution in [0, 0.1) is 0 Å². The topological polar surface area (TPSA) is 39.7 Å².